The molecular weight excluding hydrogens is 454 g/mol. The first-order chi connectivity index (χ1) is 16.8. The maximum atomic E-state index is 13.1. The maximum Gasteiger partial charge on any atom is 0.407 e. The number of methoxy groups -OCH3 is 1. The summed E-state index contributed by atoms with van der Waals surface area (Å²) in [5.74, 6) is -1.15. The number of alkyl carbamates (subject to hydrolysis) is 1. The SMILES string of the molecule is COCCOCCOC(=O)N[C@@H](CC(C)C)C(=O)N[C@@H](CC(=O)NC1CC1)C(=O)c1ccccc1. The summed E-state index contributed by atoms with van der Waals surface area (Å²) in [7, 11) is 1.56. The molecule has 3 amide bonds. The Hall–Kier alpha value is -2.98. The minimum absolute atomic E-state index is 0.0159. The van der Waals surface area contributed by atoms with Crippen LogP contribution in [-0.4, -0.2) is 75.4 Å². The molecule has 35 heavy (non-hydrogen) atoms. The Labute approximate surface area is 206 Å². The molecule has 0 unspecified atom stereocenters. The topological polar surface area (TPSA) is 132 Å². The van der Waals surface area contributed by atoms with Gasteiger partial charge in [0.15, 0.2) is 5.78 Å². The Morgan fingerprint density at radius 1 is 0.943 bits per heavy atom. The third-order valence-electron chi connectivity index (χ3n) is 5.23. The molecule has 1 aromatic carbocycles. The van der Waals surface area contributed by atoms with Crippen LogP contribution in [0.25, 0.3) is 0 Å². The number of rotatable bonds is 16. The number of ketones is 1. The van der Waals surface area contributed by atoms with Crippen LogP contribution in [0.4, 0.5) is 4.79 Å². The summed E-state index contributed by atoms with van der Waals surface area (Å²) >= 11 is 0. The predicted octanol–water partition coefficient (Wildman–Crippen LogP) is 1.83. The fourth-order valence-electron chi connectivity index (χ4n) is 3.31. The molecule has 194 valence electrons. The second-order valence-corrected chi connectivity index (χ2v) is 8.90. The molecule has 0 aromatic heterocycles. The van der Waals surface area contributed by atoms with E-state index in [1.807, 2.05) is 13.8 Å². The molecule has 1 aromatic rings. The van der Waals surface area contributed by atoms with Gasteiger partial charge in [0.05, 0.1) is 26.2 Å². The molecule has 3 N–H and O–H groups in total. The zero-order chi connectivity index (χ0) is 25.6. The van der Waals surface area contributed by atoms with E-state index in [0.29, 0.717) is 25.2 Å². The Bertz CT molecular complexity index is 828. The predicted molar refractivity (Wildman–Crippen MR) is 129 cm³/mol. The summed E-state index contributed by atoms with van der Waals surface area (Å²) in [6, 6.07) is 6.62. The minimum Gasteiger partial charge on any atom is -0.447 e. The lowest BCUT2D eigenvalue weighted by atomic mass is 9.99. The summed E-state index contributed by atoms with van der Waals surface area (Å²) < 4.78 is 15.2. The average molecular weight is 492 g/mol. The van der Waals surface area contributed by atoms with E-state index in [9.17, 15) is 19.2 Å². The molecule has 10 nitrogen and oxygen atoms in total. The molecule has 0 heterocycles. The van der Waals surface area contributed by atoms with E-state index in [4.69, 9.17) is 14.2 Å². The summed E-state index contributed by atoms with van der Waals surface area (Å²) in [4.78, 5) is 50.9. The highest BCUT2D eigenvalue weighted by atomic mass is 16.6. The largest absolute Gasteiger partial charge is 0.447 e. The second-order valence-electron chi connectivity index (χ2n) is 8.90. The van der Waals surface area contributed by atoms with Crippen molar-refractivity contribution < 1.29 is 33.4 Å². The first kappa shape index (κ1) is 28.3. The molecular formula is C25H37N3O7. The summed E-state index contributed by atoms with van der Waals surface area (Å²) in [6.45, 7) is 4.85. The van der Waals surface area contributed by atoms with Gasteiger partial charge in [-0.1, -0.05) is 44.2 Å². The fraction of sp³-hybridized carbons (Fsp3) is 0.600. The highest BCUT2D eigenvalue weighted by Gasteiger charge is 2.31. The van der Waals surface area contributed by atoms with E-state index in [0.717, 1.165) is 12.8 Å². The van der Waals surface area contributed by atoms with Crippen molar-refractivity contribution in [1.29, 1.82) is 0 Å². The van der Waals surface area contributed by atoms with Crippen molar-refractivity contribution in [3.8, 4) is 0 Å². The first-order valence-corrected chi connectivity index (χ1v) is 12.0. The van der Waals surface area contributed by atoms with Crippen LogP contribution in [0.15, 0.2) is 30.3 Å². The molecule has 0 bridgehead atoms. The monoisotopic (exact) mass is 491 g/mol. The van der Waals surface area contributed by atoms with Gasteiger partial charge in [0.25, 0.3) is 0 Å². The molecule has 0 saturated heterocycles. The van der Waals surface area contributed by atoms with E-state index < -0.39 is 24.1 Å². The lowest BCUT2D eigenvalue weighted by Crippen LogP contribution is -2.53. The molecule has 1 saturated carbocycles. The van der Waals surface area contributed by atoms with E-state index in [1.165, 1.54) is 0 Å². The van der Waals surface area contributed by atoms with Crippen LogP contribution in [0, 0.1) is 5.92 Å². The number of carbonyl (C=O) groups excluding carboxylic acids is 4. The number of hydrogen-bond acceptors (Lipinski definition) is 7. The molecule has 2 atom stereocenters. The van der Waals surface area contributed by atoms with E-state index in [1.54, 1.807) is 37.4 Å². The first-order valence-electron chi connectivity index (χ1n) is 12.0. The molecule has 10 heteroatoms. The molecule has 0 aliphatic heterocycles. The number of nitrogens with one attached hydrogen (secondary N) is 3. The third kappa shape index (κ3) is 11.3. The van der Waals surface area contributed by atoms with E-state index in [2.05, 4.69) is 16.0 Å². The number of carbonyl (C=O) groups is 4. The summed E-state index contributed by atoms with van der Waals surface area (Å²) in [5.41, 5.74) is 0.387. The normalized spacial score (nSPS) is 14.6. The van der Waals surface area contributed by atoms with Crippen LogP contribution < -0.4 is 16.0 Å². The van der Waals surface area contributed by atoms with Gasteiger partial charge in [-0.05, 0) is 25.2 Å². The van der Waals surface area contributed by atoms with Gasteiger partial charge >= 0.3 is 6.09 Å². The van der Waals surface area contributed by atoms with Crippen molar-refractivity contribution >= 4 is 23.7 Å². The Kier molecular flexibility index (Phi) is 12.2. The lowest BCUT2D eigenvalue weighted by molar-refractivity contribution is -0.125. The summed E-state index contributed by atoms with van der Waals surface area (Å²) in [6.07, 6.45) is 1.20. The zero-order valence-corrected chi connectivity index (χ0v) is 20.7. The van der Waals surface area contributed by atoms with Gasteiger partial charge < -0.3 is 30.2 Å². The second kappa shape index (κ2) is 15.1. The zero-order valence-electron chi connectivity index (χ0n) is 20.7. The summed E-state index contributed by atoms with van der Waals surface area (Å²) in [5, 5.41) is 8.09. The van der Waals surface area contributed by atoms with Crippen molar-refractivity contribution in [3.63, 3.8) is 0 Å². The minimum atomic E-state index is -1.06. The van der Waals surface area contributed by atoms with Crippen LogP contribution in [0.1, 0.15) is 49.9 Å². The number of benzene rings is 1. The van der Waals surface area contributed by atoms with Crippen LogP contribution >= 0.6 is 0 Å². The Morgan fingerprint density at radius 2 is 1.63 bits per heavy atom. The van der Waals surface area contributed by atoms with E-state index in [-0.39, 0.29) is 43.3 Å². The van der Waals surface area contributed by atoms with Crippen molar-refractivity contribution in [2.24, 2.45) is 5.92 Å². The average Bonchev–Trinajstić information content (AvgIpc) is 3.64. The van der Waals surface area contributed by atoms with Crippen LogP contribution in [-0.2, 0) is 23.8 Å². The van der Waals surface area contributed by atoms with Gasteiger partial charge in [0, 0.05) is 18.7 Å². The van der Waals surface area contributed by atoms with Crippen molar-refractivity contribution in [3.05, 3.63) is 35.9 Å². The molecule has 0 radical (unpaired) electrons. The molecule has 2 rings (SSSR count). The highest BCUT2D eigenvalue weighted by Crippen LogP contribution is 2.19. The number of hydrogen-bond donors (Lipinski definition) is 3. The lowest BCUT2D eigenvalue weighted by Gasteiger charge is -2.24. The highest BCUT2D eigenvalue weighted by molar-refractivity contribution is 6.04. The smallest absolute Gasteiger partial charge is 0.407 e. The van der Waals surface area contributed by atoms with Crippen molar-refractivity contribution in [1.82, 2.24) is 16.0 Å². The standard InChI is InChI=1S/C25H37N3O7/c1-17(2)15-21(28-25(32)35-14-13-34-12-11-33-3)24(31)27-20(16-22(29)26-19-9-10-19)23(30)18-7-5-4-6-8-18/h4-8,17,19-21H,9-16H2,1-3H3,(H,26,29)(H,27,31)(H,28,32)/t20-,21-/m0/s1. The molecule has 0 spiro atoms. The van der Waals surface area contributed by atoms with Gasteiger partial charge in [-0.2, -0.15) is 0 Å². The van der Waals surface area contributed by atoms with Gasteiger partial charge in [-0.3, -0.25) is 14.4 Å². The Morgan fingerprint density at radius 3 is 2.26 bits per heavy atom. The van der Waals surface area contributed by atoms with Crippen molar-refractivity contribution in [2.75, 3.05) is 33.5 Å². The Balaban J connectivity index is 2.00. The fourth-order valence-corrected chi connectivity index (χ4v) is 3.31. The molecule has 1 fully saturated rings. The van der Waals surface area contributed by atoms with Gasteiger partial charge in [0.2, 0.25) is 11.8 Å². The maximum absolute atomic E-state index is 13.1. The van der Waals surface area contributed by atoms with Crippen LogP contribution in [0.2, 0.25) is 0 Å². The quantitative estimate of drug-likeness (QED) is 0.237. The van der Waals surface area contributed by atoms with E-state index >= 15 is 0 Å². The van der Waals surface area contributed by atoms with Gasteiger partial charge in [-0.15, -0.1) is 0 Å². The number of amides is 3. The van der Waals surface area contributed by atoms with Crippen LogP contribution in [0.5, 0.6) is 0 Å². The number of Topliss-reactive ketones (excluding diaryl/α,β-unsaturated/α-hetero) is 1. The number of ether oxygens (including phenoxy) is 3. The van der Waals surface area contributed by atoms with Gasteiger partial charge in [0.1, 0.15) is 18.7 Å². The van der Waals surface area contributed by atoms with Crippen LogP contribution in [0.3, 0.4) is 0 Å². The molecule has 1 aliphatic rings. The molecule has 1 aliphatic carbocycles. The van der Waals surface area contributed by atoms with Gasteiger partial charge in [-0.25, -0.2) is 4.79 Å². The third-order valence-corrected chi connectivity index (χ3v) is 5.23. The van der Waals surface area contributed by atoms with Crippen molar-refractivity contribution in [2.45, 2.75) is 57.7 Å².